The van der Waals surface area contributed by atoms with Crippen molar-refractivity contribution < 1.29 is 13.6 Å². The molecule has 2 aromatic rings. The first kappa shape index (κ1) is 15.6. The lowest BCUT2D eigenvalue weighted by Crippen LogP contribution is -2.36. The predicted molar refractivity (Wildman–Crippen MR) is 76.5 cm³/mol. The van der Waals surface area contributed by atoms with E-state index < -0.39 is 6.55 Å². The van der Waals surface area contributed by atoms with Gasteiger partial charge < -0.3 is 4.90 Å². The van der Waals surface area contributed by atoms with E-state index in [1.807, 2.05) is 7.05 Å². The van der Waals surface area contributed by atoms with E-state index >= 15 is 0 Å². The Balaban J connectivity index is 1.68. The number of aryl methyl sites for hydroxylation is 2. The SMILES string of the molecule is CN(Cc1nccn1C(F)F)C(=O)C1CCc2nnn(C)c2C1. The van der Waals surface area contributed by atoms with Gasteiger partial charge in [0.05, 0.1) is 17.9 Å². The second kappa shape index (κ2) is 6.05. The Morgan fingerprint density at radius 2 is 2.30 bits per heavy atom. The number of hydrogen-bond acceptors (Lipinski definition) is 4. The van der Waals surface area contributed by atoms with Gasteiger partial charge >= 0.3 is 6.55 Å². The number of rotatable bonds is 4. The predicted octanol–water partition coefficient (Wildman–Crippen LogP) is 1.17. The van der Waals surface area contributed by atoms with Gasteiger partial charge in [-0.25, -0.2) is 4.98 Å². The van der Waals surface area contributed by atoms with Gasteiger partial charge in [-0.05, 0) is 12.8 Å². The third-order valence-corrected chi connectivity index (χ3v) is 4.26. The highest BCUT2D eigenvalue weighted by atomic mass is 19.3. The lowest BCUT2D eigenvalue weighted by Gasteiger charge is -2.26. The molecule has 1 aliphatic carbocycles. The average Bonchev–Trinajstić information content (AvgIpc) is 3.13. The summed E-state index contributed by atoms with van der Waals surface area (Å²) < 4.78 is 28.2. The van der Waals surface area contributed by atoms with Crippen molar-refractivity contribution in [2.24, 2.45) is 13.0 Å². The van der Waals surface area contributed by atoms with Crippen molar-refractivity contribution in [1.29, 1.82) is 0 Å². The number of nitrogens with zero attached hydrogens (tertiary/aromatic N) is 6. The van der Waals surface area contributed by atoms with E-state index in [2.05, 4.69) is 15.3 Å². The summed E-state index contributed by atoms with van der Waals surface area (Å²) in [6.45, 7) is -2.60. The monoisotopic (exact) mass is 324 g/mol. The molecule has 0 N–H and O–H groups in total. The number of carbonyl (C=O) groups excluding carboxylic acids is 1. The lowest BCUT2D eigenvalue weighted by molar-refractivity contribution is -0.135. The number of alkyl halides is 2. The Labute approximate surface area is 131 Å². The second-order valence-corrected chi connectivity index (χ2v) is 5.77. The Bertz CT molecular complexity index is 710. The van der Waals surface area contributed by atoms with E-state index in [9.17, 15) is 13.6 Å². The maximum absolute atomic E-state index is 12.8. The molecule has 9 heteroatoms. The van der Waals surface area contributed by atoms with Crippen LogP contribution in [0.25, 0.3) is 0 Å². The molecule has 0 aliphatic heterocycles. The molecule has 0 fully saturated rings. The minimum atomic E-state index is -2.66. The van der Waals surface area contributed by atoms with Gasteiger partial charge in [-0.15, -0.1) is 5.10 Å². The zero-order chi connectivity index (χ0) is 16.6. The van der Waals surface area contributed by atoms with Crippen LogP contribution in [0.5, 0.6) is 0 Å². The molecule has 1 aliphatic rings. The van der Waals surface area contributed by atoms with Gasteiger partial charge in [0.2, 0.25) is 5.91 Å². The number of carbonyl (C=O) groups is 1. The molecular weight excluding hydrogens is 306 g/mol. The van der Waals surface area contributed by atoms with Crippen molar-refractivity contribution in [2.45, 2.75) is 32.4 Å². The summed E-state index contributed by atoms with van der Waals surface area (Å²) in [5.41, 5.74) is 1.91. The fourth-order valence-corrected chi connectivity index (χ4v) is 2.97. The number of halogens is 2. The molecule has 0 saturated carbocycles. The Morgan fingerprint density at radius 3 is 3.04 bits per heavy atom. The Morgan fingerprint density at radius 1 is 1.52 bits per heavy atom. The van der Waals surface area contributed by atoms with Gasteiger partial charge in [0.25, 0.3) is 0 Å². The molecule has 1 atom stereocenters. The molecule has 0 radical (unpaired) electrons. The summed E-state index contributed by atoms with van der Waals surface area (Å²) in [5.74, 6) is -0.0742. The van der Waals surface area contributed by atoms with E-state index in [-0.39, 0.29) is 24.2 Å². The molecule has 7 nitrogen and oxygen atoms in total. The lowest BCUT2D eigenvalue weighted by atomic mass is 9.88. The third kappa shape index (κ3) is 2.95. The van der Waals surface area contributed by atoms with Crippen LogP contribution in [0, 0.1) is 5.92 Å². The number of fused-ring (bicyclic) bond motifs is 1. The van der Waals surface area contributed by atoms with Crippen LogP contribution in [0.4, 0.5) is 8.78 Å². The summed E-state index contributed by atoms with van der Waals surface area (Å²) in [5, 5.41) is 8.05. The normalized spacial score (nSPS) is 17.3. The third-order valence-electron chi connectivity index (χ3n) is 4.26. The van der Waals surface area contributed by atoms with Crippen molar-refractivity contribution in [2.75, 3.05) is 7.05 Å². The fraction of sp³-hybridized carbons (Fsp3) is 0.571. The van der Waals surface area contributed by atoms with Gasteiger partial charge in [-0.1, -0.05) is 5.21 Å². The summed E-state index contributed by atoms with van der Waals surface area (Å²) in [7, 11) is 3.42. The molecule has 3 rings (SSSR count). The highest BCUT2D eigenvalue weighted by Gasteiger charge is 2.30. The number of amides is 1. The Hall–Kier alpha value is -2.32. The zero-order valence-electron chi connectivity index (χ0n) is 13.0. The molecule has 23 heavy (non-hydrogen) atoms. The van der Waals surface area contributed by atoms with Crippen molar-refractivity contribution in [3.05, 3.63) is 29.6 Å². The summed E-state index contributed by atoms with van der Waals surface area (Å²) in [6, 6.07) is 0. The largest absolute Gasteiger partial charge is 0.338 e. The highest BCUT2D eigenvalue weighted by Crippen LogP contribution is 2.25. The standard InChI is InChI=1S/C14H18F2N6O/c1-20(8-12-17-5-6-22(12)14(15)16)13(23)9-3-4-10-11(7-9)21(2)19-18-10/h5-6,9,14H,3-4,7-8H2,1-2H3. The maximum Gasteiger partial charge on any atom is 0.319 e. The van der Waals surface area contributed by atoms with Gasteiger partial charge in [0.1, 0.15) is 5.82 Å². The first-order valence-corrected chi connectivity index (χ1v) is 7.39. The Kier molecular flexibility index (Phi) is 4.10. The van der Waals surface area contributed by atoms with Crippen LogP contribution in [-0.2, 0) is 31.2 Å². The average molecular weight is 324 g/mol. The summed E-state index contributed by atoms with van der Waals surface area (Å²) >= 11 is 0. The highest BCUT2D eigenvalue weighted by molar-refractivity contribution is 5.79. The summed E-state index contributed by atoms with van der Waals surface area (Å²) in [4.78, 5) is 18.0. The first-order valence-electron chi connectivity index (χ1n) is 7.39. The maximum atomic E-state index is 12.8. The molecule has 1 unspecified atom stereocenters. The quantitative estimate of drug-likeness (QED) is 0.846. The number of hydrogen-bond donors (Lipinski definition) is 0. The van der Waals surface area contributed by atoms with Gasteiger partial charge in [0.15, 0.2) is 0 Å². The molecule has 0 saturated heterocycles. The van der Waals surface area contributed by atoms with E-state index in [1.165, 1.54) is 17.3 Å². The minimum Gasteiger partial charge on any atom is -0.338 e. The van der Waals surface area contributed by atoms with Crippen LogP contribution in [-0.4, -0.2) is 42.4 Å². The molecule has 124 valence electrons. The van der Waals surface area contributed by atoms with Gasteiger partial charge in [-0.2, -0.15) is 8.78 Å². The molecule has 0 aromatic carbocycles. The van der Waals surface area contributed by atoms with E-state index in [0.717, 1.165) is 16.0 Å². The zero-order valence-corrected chi connectivity index (χ0v) is 13.0. The number of imidazole rings is 1. The first-order chi connectivity index (χ1) is 11.0. The van der Waals surface area contributed by atoms with E-state index in [0.29, 0.717) is 19.3 Å². The van der Waals surface area contributed by atoms with E-state index in [1.54, 1.807) is 11.7 Å². The van der Waals surface area contributed by atoms with Gasteiger partial charge in [-0.3, -0.25) is 14.0 Å². The van der Waals surface area contributed by atoms with Crippen molar-refractivity contribution in [3.63, 3.8) is 0 Å². The van der Waals surface area contributed by atoms with Crippen molar-refractivity contribution >= 4 is 5.91 Å². The minimum absolute atomic E-state index is 0.0587. The molecule has 0 bridgehead atoms. The van der Waals surface area contributed by atoms with E-state index in [4.69, 9.17) is 0 Å². The molecule has 1 amide bonds. The van der Waals surface area contributed by atoms with Crippen molar-refractivity contribution in [3.8, 4) is 0 Å². The molecular formula is C14H18F2N6O. The van der Waals surface area contributed by atoms with Crippen LogP contribution < -0.4 is 0 Å². The van der Waals surface area contributed by atoms with Crippen molar-refractivity contribution in [1.82, 2.24) is 29.4 Å². The van der Waals surface area contributed by atoms with Crippen LogP contribution >= 0.6 is 0 Å². The van der Waals surface area contributed by atoms with Crippen LogP contribution in [0.3, 0.4) is 0 Å². The van der Waals surface area contributed by atoms with Crippen LogP contribution in [0.1, 0.15) is 30.2 Å². The molecule has 2 aromatic heterocycles. The van der Waals surface area contributed by atoms with Gasteiger partial charge in [0, 0.05) is 38.8 Å². The fourth-order valence-electron chi connectivity index (χ4n) is 2.97. The molecule has 2 heterocycles. The smallest absolute Gasteiger partial charge is 0.319 e. The number of aromatic nitrogens is 5. The molecule has 0 spiro atoms. The topological polar surface area (TPSA) is 68.8 Å². The summed E-state index contributed by atoms with van der Waals surface area (Å²) in [6.07, 6.45) is 4.50. The van der Waals surface area contributed by atoms with Crippen LogP contribution in [0.15, 0.2) is 12.4 Å². The second-order valence-electron chi connectivity index (χ2n) is 5.77. The van der Waals surface area contributed by atoms with Crippen LogP contribution in [0.2, 0.25) is 0 Å².